The van der Waals surface area contributed by atoms with Gasteiger partial charge in [0.15, 0.2) is 0 Å². The summed E-state index contributed by atoms with van der Waals surface area (Å²) in [6, 6.07) is 9.53. The Balaban J connectivity index is 1.92. The number of rotatable bonds is 4. The second kappa shape index (κ2) is 6.10. The molecule has 0 aliphatic carbocycles. The molecule has 6 heteroatoms. The maximum absolute atomic E-state index is 11.8. The lowest BCUT2D eigenvalue weighted by molar-refractivity contribution is -0.127. The highest BCUT2D eigenvalue weighted by atomic mass is 16.2. The van der Waals surface area contributed by atoms with Crippen molar-refractivity contribution in [3.63, 3.8) is 0 Å². The van der Waals surface area contributed by atoms with Crippen LogP contribution in [0, 0.1) is 5.92 Å². The monoisotopic (exact) mass is 272 g/mol. The van der Waals surface area contributed by atoms with Crippen molar-refractivity contribution in [2.45, 2.75) is 20.3 Å². The quantitative estimate of drug-likeness (QED) is 0.634. The van der Waals surface area contributed by atoms with E-state index in [-0.39, 0.29) is 18.2 Å². The summed E-state index contributed by atoms with van der Waals surface area (Å²) in [5, 5.41) is 7.83. The first-order chi connectivity index (χ1) is 9.58. The van der Waals surface area contributed by atoms with Crippen LogP contribution in [0.3, 0.4) is 0 Å². The highest BCUT2D eigenvalue weighted by Crippen LogP contribution is 2.11. The molecule has 6 nitrogen and oxygen atoms in total. The van der Waals surface area contributed by atoms with Crippen LogP contribution in [0.4, 0.5) is 0 Å². The zero-order valence-corrected chi connectivity index (χ0v) is 11.4. The fraction of sp³-hybridized carbons (Fsp3) is 0.286. The van der Waals surface area contributed by atoms with E-state index in [1.807, 2.05) is 37.3 Å². The molecule has 0 saturated heterocycles. The Morgan fingerprint density at radius 1 is 1.40 bits per heavy atom. The molecule has 2 amide bonds. The summed E-state index contributed by atoms with van der Waals surface area (Å²) in [6.45, 7) is 3.53. The van der Waals surface area contributed by atoms with E-state index in [4.69, 9.17) is 0 Å². The largest absolute Gasteiger partial charge is 0.273 e. The smallest absolute Gasteiger partial charge is 0.249 e. The standard InChI is InChI=1S/C14H16N4O2/c1-9(11-6-4-3-5-7-11)15-17-13(19)8-12-10(2)16-18-14(12)20/h3-7,12H,8H2,1-2H3,(H,17,19)(H,18,20). The third-order valence-electron chi connectivity index (χ3n) is 3.09. The van der Waals surface area contributed by atoms with Gasteiger partial charge in [-0.25, -0.2) is 10.9 Å². The van der Waals surface area contributed by atoms with Gasteiger partial charge in [-0.15, -0.1) is 0 Å². The minimum Gasteiger partial charge on any atom is -0.273 e. The molecule has 1 aliphatic heterocycles. The Kier molecular flexibility index (Phi) is 4.24. The summed E-state index contributed by atoms with van der Waals surface area (Å²) in [5.74, 6) is -1.06. The van der Waals surface area contributed by atoms with Gasteiger partial charge in [0.05, 0.1) is 11.6 Å². The number of nitrogens with one attached hydrogen (secondary N) is 2. The van der Waals surface area contributed by atoms with E-state index in [9.17, 15) is 9.59 Å². The van der Waals surface area contributed by atoms with Gasteiger partial charge in [0.1, 0.15) is 0 Å². The molecule has 0 fully saturated rings. The van der Waals surface area contributed by atoms with Gasteiger partial charge in [-0.05, 0) is 19.4 Å². The van der Waals surface area contributed by atoms with Crippen molar-refractivity contribution in [1.82, 2.24) is 10.9 Å². The molecule has 1 aliphatic rings. The van der Waals surface area contributed by atoms with Gasteiger partial charge in [0.25, 0.3) is 0 Å². The summed E-state index contributed by atoms with van der Waals surface area (Å²) in [4.78, 5) is 23.2. The van der Waals surface area contributed by atoms with Crippen LogP contribution in [0.1, 0.15) is 25.8 Å². The minimum atomic E-state index is -0.498. The van der Waals surface area contributed by atoms with Crippen LogP contribution in [-0.2, 0) is 9.59 Å². The van der Waals surface area contributed by atoms with Gasteiger partial charge < -0.3 is 0 Å². The molecule has 0 radical (unpaired) electrons. The van der Waals surface area contributed by atoms with Gasteiger partial charge in [0.2, 0.25) is 11.8 Å². The molecule has 1 heterocycles. The Bertz CT molecular complexity index is 578. The first-order valence-electron chi connectivity index (χ1n) is 6.30. The van der Waals surface area contributed by atoms with E-state index in [0.29, 0.717) is 11.4 Å². The molecule has 1 atom stereocenters. The molecule has 0 saturated carbocycles. The fourth-order valence-electron chi connectivity index (χ4n) is 1.85. The lowest BCUT2D eigenvalue weighted by Gasteiger charge is -2.06. The first-order valence-corrected chi connectivity index (χ1v) is 6.30. The van der Waals surface area contributed by atoms with Crippen molar-refractivity contribution in [3.05, 3.63) is 35.9 Å². The number of nitrogens with zero attached hydrogens (tertiary/aromatic N) is 2. The maximum Gasteiger partial charge on any atom is 0.249 e. The van der Waals surface area contributed by atoms with Crippen LogP contribution >= 0.6 is 0 Å². The predicted molar refractivity (Wildman–Crippen MR) is 76.2 cm³/mol. The third kappa shape index (κ3) is 3.28. The number of carbonyl (C=O) groups excluding carboxylic acids is 2. The molecular formula is C14H16N4O2. The van der Waals surface area contributed by atoms with Crippen LogP contribution < -0.4 is 10.9 Å². The predicted octanol–water partition coefficient (Wildman–Crippen LogP) is 1.04. The molecule has 1 aromatic rings. The summed E-state index contributed by atoms with van der Waals surface area (Å²) < 4.78 is 0. The Morgan fingerprint density at radius 3 is 2.70 bits per heavy atom. The second-order valence-electron chi connectivity index (χ2n) is 4.58. The van der Waals surface area contributed by atoms with Crippen molar-refractivity contribution in [2.75, 3.05) is 0 Å². The highest BCUT2D eigenvalue weighted by molar-refractivity contribution is 6.09. The van der Waals surface area contributed by atoms with Crippen LogP contribution in [0.25, 0.3) is 0 Å². The van der Waals surface area contributed by atoms with Crippen LogP contribution in [-0.4, -0.2) is 23.2 Å². The highest BCUT2D eigenvalue weighted by Gasteiger charge is 2.28. The average molecular weight is 272 g/mol. The van der Waals surface area contributed by atoms with Crippen LogP contribution in [0.5, 0.6) is 0 Å². The van der Waals surface area contributed by atoms with E-state index >= 15 is 0 Å². The normalized spacial score (nSPS) is 18.5. The molecule has 1 aromatic carbocycles. The van der Waals surface area contributed by atoms with E-state index < -0.39 is 5.92 Å². The second-order valence-corrected chi connectivity index (χ2v) is 4.58. The Hall–Kier alpha value is -2.50. The number of hydrogen-bond donors (Lipinski definition) is 2. The van der Waals surface area contributed by atoms with E-state index in [2.05, 4.69) is 21.1 Å². The van der Waals surface area contributed by atoms with Gasteiger partial charge in [-0.2, -0.15) is 10.2 Å². The van der Waals surface area contributed by atoms with Crippen molar-refractivity contribution in [2.24, 2.45) is 16.1 Å². The number of hydrazone groups is 2. The SMILES string of the molecule is CC(=NNC(=O)CC1C(=O)NN=C1C)c1ccccc1. The van der Waals surface area contributed by atoms with Gasteiger partial charge in [-0.3, -0.25) is 9.59 Å². The summed E-state index contributed by atoms with van der Waals surface area (Å²) in [7, 11) is 0. The Morgan fingerprint density at radius 2 is 2.10 bits per heavy atom. The Labute approximate surface area is 116 Å². The van der Waals surface area contributed by atoms with Crippen LogP contribution in [0.2, 0.25) is 0 Å². The zero-order valence-electron chi connectivity index (χ0n) is 11.4. The molecule has 0 bridgehead atoms. The summed E-state index contributed by atoms with van der Waals surface area (Å²) >= 11 is 0. The zero-order chi connectivity index (χ0) is 14.5. The number of amides is 2. The summed E-state index contributed by atoms with van der Waals surface area (Å²) in [5.41, 5.74) is 7.07. The van der Waals surface area contributed by atoms with E-state index in [0.717, 1.165) is 5.56 Å². The maximum atomic E-state index is 11.8. The molecule has 1 unspecified atom stereocenters. The lowest BCUT2D eigenvalue weighted by atomic mass is 10.0. The number of hydrogen-bond acceptors (Lipinski definition) is 4. The third-order valence-corrected chi connectivity index (χ3v) is 3.09. The fourth-order valence-corrected chi connectivity index (χ4v) is 1.85. The minimum absolute atomic E-state index is 0.0483. The molecule has 2 rings (SSSR count). The van der Waals surface area contributed by atoms with Crippen LogP contribution in [0.15, 0.2) is 40.5 Å². The van der Waals surface area contributed by atoms with E-state index in [1.54, 1.807) is 6.92 Å². The van der Waals surface area contributed by atoms with Crippen molar-refractivity contribution >= 4 is 23.2 Å². The van der Waals surface area contributed by atoms with Gasteiger partial charge >= 0.3 is 0 Å². The molecule has 20 heavy (non-hydrogen) atoms. The molecule has 104 valence electrons. The average Bonchev–Trinajstić information content (AvgIpc) is 2.77. The molecule has 0 spiro atoms. The first kappa shape index (κ1) is 13.9. The topological polar surface area (TPSA) is 82.9 Å². The van der Waals surface area contributed by atoms with Crippen molar-refractivity contribution in [3.8, 4) is 0 Å². The van der Waals surface area contributed by atoms with Crippen molar-refractivity contribution < 1.29 is 9.59 Å². The summed E-state index contributed by atoms with van der Waals surface area (Å²) in [6.07, 6.45) is 0.0483. The number of carbonyl (C=O) groups is 2. The van der Waals surface area contributed by atoms with Crippen molar-refractivity contribution in [1.29, 1.82) is 0 Å². The molecule has 0 aromatic heterocycles. The van der Waals surface area contributed by atoms with Gasteiger partial charge in [0, 0.05) is 12.1 Å². The van der Waals surface area contributed by atoms with E-state index in [1.165, 1.54) is 0 Å². The van der Waals surface area contributed by atoms with Gasteiger partial charge in [-0.1, -0.05) is 30.3 Å². The molecular weight excluding hydrogens is 256 g/mol. The number of benzene rings is 1. The lowest BCUT2D eigenvalue weighted by Crippen LogP contribution is -2.29. The molecule has 2 N–H and O–H groups in total.